The Hall–Kier alpha value is -1.63. The Balaban J connectivity index is 2.08. The van der Waals surface area contributed by atoms with Crippen molar-refractivity contribution >= 4 is 11.6 Å². The standard InChI is InChI=1S/C12H21N5O2/c1-4-14(2)7-10-5-6-16(8-10)12-11(17(18)19)13-9-15(12)3/h9-10H,4-8H2,1-3H3. The first-order chi connectivity index (χ1) is 9.02. The third kappa shape index (κ3) is 2.86. The van der Waals surface area contributed by atoms with E-state index in [1.54, 1.807) is 11.6 Å². The molecule has 0 aromatic carbocycles. The van der Waals surface area contributed by atoms with E-state index in [0.717, 1.165) is 32.6 Å². The van der Waals surface area contributed by atoms with Crippen molar-refractivity contribution in [3.63, 3.8) is 0 Å². The third-order valence-electron chi connectivity index (χ3n) is 3.76. The van der Waals surface area contributed by atoms with Crippen LogP contribution in [-0.4, -0.2) is 52.6 Å². The summed E-state index contributed by atoms with van der Waals surface area (Å²) in [5, 5.41) is 11.0. The van der Waals surface area contributed by atoms with E-state index in [1.807, 2.05) is 0 Å². The Morgan fingerprint density at radius 1 is 1.63 bits per heavy atom. The molecule has 7 heteroatoms. The molecular weight excluding hydrogens is 246 g/mol. The molecule has 0 spiro atoms. The summed E-state index contributed by atoms with van der Waals surface area (Å²) in [5.41, 5.74) is 0. The fraction of sp³-hybridized carbons (Fsp3) is 0.750. The quantitative estimate of drug-likeness (QED) is 0.590. The highest BCUT2D eigenvalue weighted by Gasteiger charge is 2.31. The van der Waals surface area contributed by atoms with Gasteiger partial charge in [0, 0.05) is 26.7 Å². The number of hydrogen-bond acceptors (Lipinski definition) is 5. The van der Waals surface area contributed by atoms with Gasteiger partial charge in [-0.15, -0.1) is 0 Å². The monoisotopic (exact) mass is 267 g/mol. The lowest BCUT2D eigenvalue weighted by molar-refractivity contribution is -0.388. The Morgan fingerprint density at radius 2 is 2.37 bits per heavy atom. The summed E-state index contributed by atoms with van der Waals surface area (Å²) in [6.07, 6.45) is 2.59. The van der Waals surface area contributed by atoms with Gasteiger partial charge >= 0.3 is 5.82 Å². The largest absolute Gasteiger partial charge is 0.406 e. The van der Waals surface area contributed by atoms with Crippen molar-refractivity contribution in [2.75, 3.05) is 38.1 Å². The third-order valence-corrected chi connectivity index (χ3v) is 3.76. The lowest BCUT2D eigenvalue weighted by Gasteiger charge is -2.20. The number of imidazole rings is 1. The maximum Gasteiger partial charge on any atom is 0.406 e. The van der Waals surface area contributed by atoms with Crippen molar-refractivity contribution in [2.24, 2.45) is 13.0 Å². The van der Waals surface area contributed by atoms with E-state index in [1.165, 1.54) is 6.33 Å². The maximum absolute atomic E-state index is 11.0. The Labute approximate surface area is 113 Å². The fourth-order valence-electron chi connectivity index (χ4n) is 2.65. The molecule has 1 atom stereocenters. The molecule has 0 aliphatic carbocycles. The van der Waals surface area contributed by atoms with E-state index in [0.29, 0.717) is 11.7 Å². The minimum absolute atomic E-state index is 0.0352. The average molecular weight is 267 g/mol. The van der Waals surface area contributed by atoms with Crippen molar-refractivity contribution in [3.8, 4) is 0 Å². The average Bonchev–Trinajstić information content (AvgIpc) is 2.95. The van der Waals surface area contributed by atoms with Gasteiger partial charge in [-0.05, 0) is 35.8 Å². The summed E-state index contributed by atoms with van der Waals surface area (Å²) in [6, 6.07) is 0. The normalized spacial score (nSPS) is 19.4. The summed E-state index contributed by atoms with van der Waals surface area (Å²) < 4.78 is 1.74. The highest BCUT2D eigenvalue weighted by atomic mass is 16.6. The second-order valence-electron chi connectivity index (χ2n) is 5.22. The minimum atomic E-state index is -0.402. The van der Waals surface area contributed by atoms with Gasteiger partial charge < -0.3 is 19.9 Å². The number of nitrogens with zero attached hydrogens (tertiary/aromatic N) is 5. The van der Waals surface area contributed by atoms with E-state index in [9.17, 15) is 10.1 Å². The highest BCUT2D eigenvalue weighted by Crippen LogP contribution is 2.30. The molecule has 1 aromatic heterocycles. The van der Waals surface area contributed by atoms with Crippen LogP contribution in [0.2, 0.25) is 0 Å². The van der Waals surface area contributed by atoms with Crippen LogP contribution in [0, 0.1) is 16.0 Å². The van der Waals surface area contributed by atoms with Crippen LogP contribution in [0.25, 0.3) is 0 Å². The molecule has 1 fully saturated rings. The summed E-state index contributed by atoms with van der Waals surface area (Å²) >= 11 is 0. The number of anilines is 1. The molecule has 1 aliphatic rings. The fourth-order valence-corrected chi connectivity index (χ4v) is 2.65. The lowest BCUT2D eigenvalue weighted by atomic mass is 10.1. The second kappa shape index (κ2) is 5.56. The van der Waals surface area contributed by atoms with Crippen molar-refractivity contribution in [1.82, 2.24) is 14.5 Å². The number of aromatic nitrogens is 2. The molecule has 2 rings (SSSR count). The van der Waals surface area contributed by atoms with Gasteiger partial charge in [-0.25, -0.2) is 0 Å². The van der Waals surface area contributed by atoms with E-state index >= 15 is 0 Å². The van der Waals surface area contributed by atoms with Crippen molar-refractivity contribution in [3.05, 3.63) is 16.4 Å². The molecule has 1 unspecified atom stereocenters. The van der Waals surface area contributed by atoms with Gasteiger partial charge in [0.25, 0.3) is 0 Å². The van der Waals surface area contributed by atoms with Crippen LogP contribution >= 0.6 is 0 Å². The zero-order valence-corrected chi connectivity index (χ0v) is 11.7. The molecule has 1 saturated heterocycles. The van der Waals surface area contributed by atoms with Crippen LogP contribution in [-0.2, 0) is 7.05 Å². The van der Waals surface area contributed by atoms with Gasteiger partial charge in [0.15, 0.2) is 0 Å². The maximum atomic E-state index is 11.0. The van der Waals surface area contributed by atoms with Crippen LogP contribution in [0.4, 0.5) is 11.6 Å². The molecule has 1 aromatic rings. The number of rotatable bonds is 5. The van der Waals surface area contributed by atoms with Gasteiger partial charge in [-0.3, -0.25) is 4.57 Å². The number of hydrogen-bond donors (Lipinski definition) is 0. The van der Waals surface area contributed by atoms with Crippen LogP contribution in [0.15, 0.2) is 6.33 Å². The van der Waals surface area contributed by atoms with Gasteiger partial charge in [0.05, 0.1) is 0 Å². The van der Waals surface area contributed by atoms with Gasteiger partial charge in [-0.1, -0.05) is 6.92 Å². The Morgan fingerprint density at radius 3 is 3.00 bits per heavy atom. The first-order valence-corrected chi connectivity index (χ1v) is 6.62. The molecule has 0 N–H and O–H groups in total. The summed E-state index contributed by atoms with van der Waals surface area (Å²) in [5.74, 6) is 1.16. The van der Waals surface area contributed by atoms with Crippen molar-refractivity contribution < 1.29 is 4.92 Å². The van der Waals surface area contributed by atoms with Crippen molar-refractivity contribution in [2.45, 2.75) is 13.3 Å². The molecule has 0 amide bonds. The molecule has 2 heterocycles. The molecule has 7 nitrogen and oxygen atoms in total. The molecule has 0 bridgehead atoms. The number of aryl methyl sites for hydroxylation is 1. The first kappa shape index (κ1) is 13.8. The topological polar surface area (TPSA) is 67.4 Å². The minimum Gasteiger partial charge on any atom is -0.358 e. The first-order valence-electron chi connectivity index (χ1n) is 6.62. The van der Waals surface area contributed by atoms with Gasteiger partial charge in [0.1, 0.15) is 0 Å². The molecular formula is C12H21N5O2. The van der Waals surface area contributed by atoms with E-state index in [2.05, 4.69) is 28.8 Å². The molecule has 0 saturated carbocycles. The highest BCUT2D eigenvalue weighted by molar-refractivity contribution is 5.55. The lowest BCUT2D eigenvalue weighted by Crippen LogP contribution is -2.28. The smallest absolute Gasteiger partial charge is 0.358 e. The SMILES string of the molecule is CCN(C)CC1CCN(c2c([N+](=O)[O-])ncn2C)C1. The zero-order chi connectivity index (χ0) is 14.0. The Bertz CT molecular complexity index is 459. The van der Waals surface area contributed by atoms with Gasteiger partial charge in [-0.2, -0.15) is 0 Å². The summed E-state index contributed by atoms with van der Waals surface area (Å²) in [7, 11) is 3.91. The predicted molar refractivity (Wildman–Crippen MR) is 73.4 cm³/mol. The summed E-state index contributed by atoms with van der Waals surface area (Å²) in [4.78, 5) is 18.8. The molecule has 0 radical (unpaired) electrons. The van der Waals surface area contributed by atoms with Crippen LogP contribution in [0.3, 0.4) is 0 Å². The predicted octanol–water partition coefficient (Wildman–Crippen LogP) is 1.11. The van der Waals surface area contributed by atoms with E-state index in [-0.39, 0.29) is 5.82 Å². The van der Waals surface area contributed by atoms with Crippen LogP contribution < -0.4 is 4.90 Å². The Kier molecular flexibility index (Phi) is 4.04. The summed E-state index contributed by atoms with van der Waals surface area (Å²) in [6.45, 7) is 5.94. The van der Waals surface area contributed by atoms with Crippen molar-refractivity contribution in [1.29, 1.82) is 0 Å². The molecule has 1 aliphatic heterocycles. The number of nitro groups is 1. The van der Waals surface area contributed by atoms with E-state index < -0.39 is 4.92 Å². The molecule has 19 heavy (non-hydrogen) atoms. The molecule has 106 valence electrons. The zero-order valence-electron chi connectivity index (χ0n) is 11.7. The van der Waals surface area contributed by atoms with Crippen LogP contribution in [0.5, 0.6) is 0 Å². The second-order valence-corrected chi connectivity index (χ2v) is 5.22. The van der Waals surface area contributed by atoms with Crippen LogP contribution in [0.1, 0.15) is 13.3 Å². The van der Waals surface area contributed by atoms with Gasteiger partial charge in [0.2, 0.25) is 12.1 Å². The van der Waals surface area contributed by atoms with E-state index in [4.69, 9.17) is 0 Å².